The highest BCUT2D eigenvalue weighted by molar-refractivity contribution is 6.33. The first-order valence-corrected chi connectivity index (χ1v) is 7.07. The van der Waals surface area contributed by atoms with Crippen LogP contribution in [0.4, 0.5) is 0 Å². The SMILES string of the molecule is O=C(NCCC(=O)N1CCNCC1)c1ccccc1Cl. The summed E-state index contributed by atoms with van der Waals surface area (Å²) in [6.07, 6.45) is 0.316. The van der Waals surface area contributed by atoms with E-state index in [1.54, 1.807) is 24.3 Å². The molecule has 0 atom stereocenters. The molecule has 108 valence electrons. The first-order chi connectivity index (χ1) is 9.68. The van der Waals surface area contributed by atoms with Crippen LogP contribution in [0.5, 0.6) is 0 Å². The van der Waals surface area contributed by atoms with Crippen LogP contribution in [0.1, 0.15) is 16.8 Å². The fraction of sp³-hybridized carbons (Fsp3) is 0.429. The number of hydrogen-bond acceptors (Lipinski definition) is 3. The van der Waals surface area contributed by atoms with Crippen LogP contribution in [0, 0.1) is 0 Å². The Hall–Kier alpha value is -1.59. The first-order valence-electron chi connectivity index (χ1n) is 6.69. The van der Waals surface area contributed by atoms with E-state index in [4.69, 9.17) is 11.6 Å². The summed E-state index contributed by atoms with van der Waals surface area (Å²) in [5, 5.41) is 6.33. The molecule has 0 spiro atoms. The lowest BCUT2D eigenvalue weighted by Gasteiger charge is -2.27. The minimum Gasteiger partial charge on any atom is -0.351 e. The summed E-state index contributed by atoms with van der Waals surface area (Å²) in [5.41, 5.74) is 0.434. The fourth-order valence-corrected chi connectivity index (χ4v) is 2.32. The molecule has 2 rings (SSSR count). The summed E-state index contributed by atoms with van der Waals surface area (Å²) in [6.45, 7) is 3.46. The Labute approximate surface area is 123 Å². The van der Waals surface area contributed by atoms with E-state index in [1.807, 2.05) is 4.90 Å². The van der Waals surface area contributed by atoms with Crippen LogP contribution in [-0.4, -0.2) is 49.4 Å². The third-order valence-electron chi connectivity index (χ3n) is 3.21. The van der Waals surface area contributed by atoms with E-state index in [0.717, 1.165) is 26.2 Å². The summed E-state index contributed by atoms with van der Waals surface area (Å²) in [7, 11) is 0. The van der Waals surface area contributed by atoms with Gasteiger partial charge in [0.05, 0.1) is 10.6 Å². The maximum atomic E-state index is 11.9. The number of rotatable bonds is 4. The molecule has 0 aromatic heterocycles. The molecule has 2 N–H and O–H groups in total. The van der Waals surface area contributed by atoms with Gasteiger partial charge in [0.25, 0.3) is 5.91 Å². The highest BCUT2D eigenvalue weighted by Crippen LogP contribution is 2.14. The number of nitrogens with zero attached hydrogens (tertiary/aromatic N) is 1. The van der Waals surface area contributed by atoms with E-state index in [1.165, 1.54) is 0 Å². The number of hydrogen-bond donors (Lipinski definition) is 2. The van der Waals surface area contributed by atoms with E-state index in [-0.39, 0.29) is 11.8 Å². The number of halogens is 1. The van der Waals surface area contributed by atoms with Crippen molar-refractivity contribution in [3.63, 3.8) is 0 Å². The van der Waals surface area contributed by atoms with E-state index in [9.17, 15) is 9.59 Å². The van der Waals surface area contributed by atoms with E-state index >= 15 is 0 Å². The Morgan fingerprint density at radius 2 is 1.95 bits per heavy atom. The number of carbonyl (C=O) groups is 2. The van der Waals surface area contributed by atoms with Crippen LogP contribution in [-0.2, 0) is 4.79 Å². The van der Waals surface area contributed by atoms with Gasteiger partial charge in [-0.2, -0.15) is 0 Å². The molecule has 2 amide bonds. The molecule has 0 aliphatic carbocycles. The summed E-state index contributed by atoms with van der Waals surface area (Å²) in [6, 6.07) is 6.86. The minimum absolute atomic E-state index is 0.0750. The monoisotopic (exact) mass is 295 g/mol. The number of piperazine rings is 1. The normalized spacial score (nSPS) is 14.9. The molecule has 0 unspecified atom stereocenters. The van der Waals surface area contributed by atoms with E-state index in [2.05, 4.69) is 10.6 Å². The van der Waals surface area contributed by atoms with Crippen molar-refractivity contribution in [1.29, 1.82) is 0 Å². The van der Waals surface area contributed by atoms with Gasteiger partial charge in [-0.15, -0.1) is 0 Å². The fourth-order valence-electron chi connectivity index (χ4n) is 2.10. The van der Waals surface area contributed by atoms with Crippen molar-refractivity contribution in [3.8, 4) is 0 Å². The Morgan fingerprint density at radius 3 is 2.65 bits per heavy atom. The number of carbonyl (C=O) groups excluding carboxylic acids is 2. The minimum atomic E-state index is -0.247. The predicted molar refractivity (Wildman–Crippen MR) is 77.9 cm³/mol. The van der Waals surface area contributed by atoms with Crippen LogP contribution < -0.4 is 10.6 Å². The van der Waals surface area contributed by atoms with Crippen LogP contribution in [0.25, 0.3) is 0 Å². The Bertz CT molecular complexity index is 487. The molecule has 0 radical (unpaired) electrons. The van der Waals surface area contributed by atoms with Gasteiger partial charge >= 0.3 is 0 Å². The Kier molecular flexibility index (Phi) is 5.38. The van der Waals surface area contributed by atoms with Gasteiger partial charge in [0.1, 0.15) is 0 Å². The highest BCUT2D eigenvalue weighted by atomic mass is 35.5. The number of benzene rings is 1. The average molecular weight is 296 g/mol. The van der Waals surface area contributed by atoms with Crippen molar-refractivity contribution in [2.45, 2.75) is 6.42 Å². The van der Waals surface area contributed by atoms with Crippen molar-refractivity contribution in [3.05, 3.63) is 34.9 Å². The van der Waals surface area contributed by atoms with Crippen LogP contribution in [0.15, 0.2) is 24.3 Å². The van der Waals surface area contributed by atoms with Gasteiger partial charge in [0.15, 0.2) is 0 Å². The molecular formula is C14H18ClN3O2. The van der Waals surface area contributed by atoms with Crippen molar-refractivity contribution < 1.29 is 9.59 Å². The maximum absolute atomic E-state index is 11.9. The molecule has 20 heavy (non-hydrogen) atoms. The van der Waals surface area contributed by atoms with Crippen LogP contribution in [0.3, 0.4) is 0 Å². The van der Waals surface area contributed by atoms with Gasteiger partial charge in [-0.1, -0.05) is 23.7 Å². The molecule has 1 heterocycles. The average Bonchev–Trinajstić information content (AvgIpc) is 2.48. The molecule has 5 nitrogen and oxygen atoms in total. The topological polar surface area (TPSA) is 61.4 Å². The smallest absolute Gasteiger partial charge is 0.252 e. The van der Waals surface area contributed by atoms with Crippen molar-refractivity contribution in [2.75, 3.05) is 32.7 Å². The third-order valence-corrected chi connectivity index (χ3v) is 3.54. The van der Waals surface area contributed by atoms with Crippen molar-refractivity contribution >= 4 is 23.4 Å². The zero-order valence-electron chi connectivity index (χ0n) is 11.2. The predicted octanol–water partition coefficient (Wildman–Crippen LogP) is 0.892. The summed E-state index contributed by atoms with van der Waals surface area (Å²) in [5.74, 6) is -0.172. The zero-order chi connectivity index (χ0) is 14.4. The van der Waals surface area contributed by atoms with Gasteiger partial charge in [0, 0.05) is 39.1 Å². The first kappa shape index (κ1) is 14.8. The summed E-state index contributed by atoms with van der Waals surface area (Å²) < 4.78 is 0. The van der Waals surface area contributed by atoms with Crippen LogP contribution in [0.2, 0.25) is 5.02 Å². The van der Waals surface area contributed by atoms with Gasteiger partial charge in [0.2, 0.25) is 5.91 Å². The second kappa shape index (κ2) is 7.26. The Morgan fingerprint density at radius 1 is 1.25 bits per heavy atom. The molecule has 1 saturated heterocycles. The molecular weight excluding hydrogens is 278 g/mol. The van der Waals surface area contributed by atoms with Gasteiger partial charge < -0.3 is 15.5 Å². The summed E-state index contributed by atoms with van der Waals surface area (Å²) in [4.78, 5) is 25.6. The molecule has 1 aromatic carbocycles. The lowest BCUT2D eigenvalue weighted by molar-refractivity contribution is -0.131. The van der Waals surface area contributed by atoms with Crippen molar-refractivity contribution in [1.82, 2.24) is 15.5 Å². The second-order valence-corrected chi connectivity index (χ2v) is 5.02. The molecule has 0 bridgehead atoms. The van der Waals surface area contributed by atoms with E-state index in [0.29, 0.717) is 23.6 Å². The van der Waals surface area contributed by atoms with Gasteiger partial charge in [-0.05, 0) is 12.1 Å². The standard InChI is InChI=1S/C14H18ClN3O2/c15-12-4-2-1-3-11(12)14(20)17-6-5-13(19)18-9-7-16-8-10-18/h1-4,16H,5-10H2,(H,17,20). The summed E-state index contributed by atoms with van der Waals surface area (Å²) >= 11 is 5.94. The van der Waals surface area contributed by atoms with Crippen LogP contribution >= 0.6 is 11.6 Å². The lowest BCUT2D eigenvalue weighted by atomic mass is 10.2. The molecule has 1 aromatic rings. The lowest BCUT2D eigenvalue weighted by Crippen LogP contribution is -2.47. The molecule has 6 heteroatoms. The second-order valence-electron chi connectivity index (χ2n) is 4.62. The van der Waals surface area contributed by atoms with Gasteiger partial charge in [-0.25, -0.2) is 0 Å². The third kappa shape index (κ3) is 3.95. The van der Waals surface area contributed by atoms with Gasteiger partial charge in [-0.3, -0.25) is 9.59 Å². The molecule has 1 fully saturated rings. The number of amides is 2. The number of nitrogens with one attached hydrogen (secondary N) is 2. The largest absolute Gasteiger partial charge is 0.351 e. The molecule has 0 saturated carbocycles. The quantitative estimate of drug-likeness (QED) is 0.867. The molecule has 1 aliphatic heterocycles. The maximum Gasteiger partial charge on any atom is 0.252 e. The zero-order valence-corrected chi connectivity index (χ0v) is 11.9. The molecule has 1 aliphatic rings. The van der Waals surface area contributed by atoms with E-state index < -0.39 is 0 Å². The highest BCUT2D eigenvalue weighted by Gasteiger charge is 2.16. The van der Waals surface area contributed by atoms with Crippen molar-refractivity contribution in [2.24, 2.45) is 0 Å². The Balaban J connectivity index is 1.76.